The number of likely N-dealkylation sites (N-methyl/N-ethyl adjacent to an activating group) is 1. The molecule has 126 valence electrons. The van der Waals surface area contributed by atoms with E-state index < -0.39 is 5.09 Å². The van der Waals surface area contributed by atoms with E-state index in [1.165, 1.54) is 0 Å². The quantitative estimate of drug-likeness (QED) is 0.411. The van der Waals surface area contributed by atoms with Crippen molar-refractivity contribution < 1.29 is 24.2 Å². The van der Waals surface area contributed by atoms with Crippen LogP contribution >= 0.6 is 0 Å². The van der Waals surface area contributed by atoms with Gasteiger partial charge in [0.25, 0.3) is 5.09 Å². The summed E-state index contributed by atoms with van der Waals surface area (Å²) in [7, 11) is 1.73. The summed E-state index contributed by atoms with van der Waals surface area (Å²) in [6, 6.07) is 5.73. The first-order chi connectivity index (χ1) is 11.0. The Morgan fingerprint density at radius 2 is 2.17 bits per heavy atom. The standard InChI is InChI=1S/C15H20N2O6/c1-11(16(2)15(18)4-3-7-23-17(19)20)8-12-5-6-13-14(9-12)22-10-21-13/h5-6,9,11H,3-4,7-8,10H2,1-2H3. The molecule has 1 aromatic carbocycles. The third kappa shape index (κ3) is 4.73. The summed E-state index contributed by atoms with van der Waals surface area (Å²) in [5.74, 6) is 1.39. The van der Waals surface area contributed by atoms with Gasteiger partial charge in [-0.05, 0) is 37.5 Å². The fraction of sp³-hybridized carbons (Fsp3) is 0.533. The van der Waals surface area contributed by atoms with Crippen molar-refractivity contribution in [2.75, 3.05) is 20.4 Å². The van der Waals surface area contributed by atoms with Gasteiger partial charge in [-0.3, -0.25) is 4.79 Å². The Balaban J connectivity index is 1.81. The molecular weight excluding hydrogens is 304 g/mol. The molecule has 1 unspecified atom stereocenters. The molecular formula is C15H20N2O6. The first-order valence-electron chi connectivity index (χ1n) is 7.39. The van der Waals surface area contributed by atoms with E-state index in [1.807, 2.05) is 25.1 Å². The highest BCUT2D eigenvalue weighted by Gasteiger charge is 2.18. The van der Waals surface area contributed by atoms with E-state index in [4.69, 9.17) is 9.47 Å². The van der Waals surface area contributed by atoms with Crippen LogP contribution in [0.15, 0.2) is 18.2 Å². The molecule has 0 radical (unpaired) electrons. The molecule has 1 amide bonds. The molecule has 8 heteroatoms. The molecule has 8 nitrogen and oxygen atoms in total. The lowest BCUT2D eigenvalue weighted by Gasteiger charge is -2.25. The van der Waals surface area contributed by atoms with Crippen molar-refractivity contribution in [3.63, 3.8) is 0 Å². The van der Waals surface area contributed by atoms with E-state index in [0.717, 1.165) is 17.1 Å². The molecule has 1 aromatic rings. The monoisotopic (exact) mass is 324 g/mol. The van der Waals surface area contributed by atoms with Gasteiger partial charge >= 0.3 is 0 Å². The number of hydrogen-bond donors (Lipinski definition) is 0. The number of carbonyl (C=O) groups is 1. The lowest BCUT2D eigenvalue weighted by atomic mass is 10.1. The fourth-order valence-electron chi connectivity index (χ4n) is 2.33. The van der Waals surface area contributed by atoms with Crippen molar-refractivity contribution in [3.8, 4) is 11.5 Å². The van der Waals surface area contributed by atoms with E-state index in [2.05, 4.69) is 4.84 Å². The molecule has 0 aromatic heterocycles. The maximum absolute atomic E-state index is 12.1. The van der Waals surface area contributed by atoms with Crippen LogP contribution in [0.5, 0.6) is 11.5 Å². The van der Waals surface area contributed by atoms with Gasteiger partial charge in [-0.15, -0.1) is 10.1 Å². The van der Waals surface area contributed by atoms with Crippen LogP contribution in [0.3, 0.4) is 0 Å². The molecule has 2 rings (SSSR count). The average molecular weight is 324 g/mol. The van der Waals surface area contributed by atoms with Crippen molar-refractivity contribution in [2.45, 2.75) is 32.2 Å². The average Bonchev–Trinajstić information content (AvgIpc) is 2.97. The smallest absolute Gasteiger partial charge is 0.294 e. The number of rotatable bonds is 8. The first-order valence-corrected chi connectivity index (χ1v) is 7.39. The summed E-state index contributed by atoms with van der Waals surface area (Å²) in [6.45, 7) is 2.12. The Bertz CT molecular complexity index is 577. The fourth-order valence-corrected chi connectivity index (χ4v) is 2.33. The van der Waals surface area contributed by atoms with E-state index in [0.29, 0.717) is 12.8 Å². The normalized spacial score (nSPS) is 13.5. The van der Waals surface area contributed by atoms with Gasteiger partial charge in [0.2, 0.25) is 12.7 Å². The van der Waals surface area contributed by atoms with Gasteiger partial charge in [0.15, 0.2) is 11.5 Å². The summed E-state index contributed by atoms with van der Waals surface area (Å²) in [4.78, 5) is 27.9. The number of fused-ring (bicyclic) bond motifs is 1. The summed E-state index contributed by atoms with van der Waals surface area (Å²) in [6.07, 6.45) is 1.22. The molecule has 0 saturated heterocycles. The van der Waals surface area contributed by atoms with E-state index in [9.17, 15) is 14.9 Å². The van der Waals surface area contributed by atoms with Gasteiger partial charge in [0.05, 0.1) is 6.61 Å². The van der Waals surface area contributed by atoms with Gasteiger partial charge < -0.3 is 19.2 Å². The van der Waals surface area contributed by atoms with Gasteiger partial charge in [0.1, 0.15) is 0 Å². The van der Waals surface area contributed by atoms with Crippen LogP contribution in [0.25, 0.3) is 0 Å². The van der Waals surface area contributed by atoms with Gasteiger partial charge in [-0.2, -0.15) is 0 Å². The molecule has 1 atom stereocenters. The minimum atomic E-state index is -0.851. The highest BCUT2D eigenvalue weighted by molar-refractivity contribution is 5.76. The molecule has 0 N–H and O–H groups in total. The maximum atomic E-state index is 12.1. The summed E-state index contributed by atoms with van der Waals surface area (Å²) >= 11 is 0. The minimum Gasteiger partial charge on any atom is -0.454 e. The largest absolute Gasteiger partial charge is 0.454 e. The van der Waals surface area contributed by atoms with Gasteiger partial charge in [-0.25, -0.2) is 0 Å². The summed E-state index contributed by atoms with van der Waals surface area (Å²) in [5.41, 5.74) is 1.05. The van der Waals surface area contributed by atoms with Crippen LogP contribution in [0.4, 0.5) is 0 Å². The first kappa shape index (κ1) is 16.9. The van der Waals surface area contributed by atoms with Crippen molar-refractivity contribution >= 4 is 5.91 Å². The third-order valence-corrected chi connectivity index (χ3v) is 3.75. The number of nitrogens with zero attached hydrogens (tertiary/aromatic N) is 2. The highest BCUT2D eigenvalue weighted by Crippen LogP contribution is 2.32. The van der Waals surface area contributed by atoms with Crippen LogP contribution in [0, 0.1) is 10.1 Å². The van der Waals surface area contributed by atoms with Gasteiger partial charge in [0, 0.05) is 19.5 Å². The number of ether oxygens (including phenoxy) is 2. The lowest BCUT2D eigenvalue weighted by Crippen LogP contribution is -2.36. The molecule has 23 heavy (non-hydrogen) atoms. The predicted molar refractivity (Wildman–Crippen MR) is 80.7 cm³/mol. The van der Waals surface area contributed by atoms with E-state index >= 15 is 0 Å². The maximum Gasteiger partial charge on any atom is 0.294 e. The zero-order valence-electron chi connectivity index (χ0n) is 13.2. The summed E-state index contributed by atoms with van der Waals surface area (Å²) < 4.78 is 10.6. The molecule has 0 bridgehead atoms. The van der Waals surface area contributed by atoms with Crippen molar-refractivity contribution in [1.29, 1.82) is 0 Å². The van der Waals surface area contributed by atoms with Crippen LogP contribution < -0.4 is 9.47 Å². The zero-order chi connectivity index (χ0) is 16.8. The summed E-state index contributed by atoms with van der Waals surface area (Å²) in [5, 5.41) is 9.19. The number of hydrogen-bond acceptors (Lipinski definition) is 6. The molecule has 0 aliphatic carbocycles. The van der Waals surface area contributed by atoms with Crippen LogP contribution in [-0.4, -0.2) is 42.4 Å². The van der Waals surface area contributed by atoms with Crippen molar-refractivity contribution in [2.24, 2.45) is 0 Å². The second-order valence-electron chi connectivity index (χ2n) is 5.41. The van der Waals surface area contributed by atoms with Crippen molar-refractivity contribution in [1.82, 2.24) is 4.90 Å². The minimum absolute atomic E-state index is 0.000643. The number of carbonyl (C=O) groups excluding carboxylic acids is 1. The number of benzene rings is 1. The molecule has 0 saturated carbocycles. The molecule has 0 fully saturated rings. The topological polar surface area (TPSA) is 91.1 Å². The second-order valence-corrected chi connectivity index (χ2v) is 5.41. The molecule has 0 spiro atoms. The zero-order valence-corrected chi connectivity index (χ0v) is 13.2. The van der Waals surface area contributed by atoms with E-state index in [-0.39, 0.29) is 31.8 Å². The Morgan fingerprint density at radius 3 is 2.91 bits per heavy atom. The SMILES string of the molecule is CC(Cc1ccc2c(c1)OCO2)N(C)C(=O)CCCO[N+](=O)[O-]. The Morgan fingerprint density at radius 1 is 1.43 bits per heavy atom. The predicted octanol–water partition coefficient (Wildman–Crippen LogP) is 1.79. The Kier molecular flexibility index (Phi) is 5.61. The molecule has 1 aliphatic heterocycles. The van der Waals surface area contributed by atoms with Crippen LogP contribution in [0.1, 0.15) is 25.3 Å². The third-order valence-electron chi connectivity index (χ3n) is 3.75. The van der Waals surface area contributed by atoms with E-state index in [1.54, 1.807) is 11.9 Å². The Labute approximate surface area is 134 Å². The number of amides is 1. The van der Waals surface area contributed by atoms with Gasteiger partial charge in [-0.1, -0.05) is 6.07 Å². The van der Waals surface area contributed by atoms with Crippen LogP contribution in [0.2, 0.25) is 0 Å². The molecule has 1 heterocycles. The van der Waals surface area contributed by atoms with Crippen molar-refractivity contribution in [3.05, 3.63) is 33.9 Å². The van der Waals surface area contributed by atoms with Crippen LogP contribution in [-0.2, 0) is 16.1 Å². The lowest BCUT2D eigenvalue weighted by molar-refractivity contribution is -0.757. The Hall–Kier alpha value is -2.51. The second kappa shape index (κ2) is 7.66. The molecule has 1 aliphatic rings. The highest BCUT2D eigenvalue weighted by atomic mass is 16.9.